The number of hydrogen-bond donors (Lipinski definition) is 1. The monoisotopic (exact) mass is 348 g/mol. The average Bonchev–Trinajstić information content (AvgIpc) is 2.68. The van der Waals surface area contributed by atoms with E-state index in [4.69, 9.17) is 4.74 Å². The van der Waals surface area contributed by atoms with E-state index in [9.17, 15) is 9.18 Å². The summed E-state index contributed by atoms with van der Waals surface area (Å²) in [4.78, 5) is 17.0. The molecule has 1 amide bonds. The van der Waals surface area contributed by atoms with E-state index in [1.165, 1.54) is 12.1 Å². The molecule has 4 rings (SSSR count). The highest BCUT2D eigenvalue weighted by atomic mass is 19.1. The molecule has 1 aliphatic heterocycles. The first-order valence-electron chi connectivity index (χ1n) is 8.45. The van der Waals surface area contributed by atoms with Gasteiger partial charge in [0.2, 0.25) is 5.91 Å². The predicted octanol–water partition coefficient (Wildman–Crippen LogP) is 4.39. The molecule has 1 atom stereocenters. The lowest BCUT2D eigenvalue weighted by atomic mass is 9.92. The highest BCUT2D eigenvalue weighted by molar-refractivity contribution is 5.99. The molecule has 0 radical (unpaired) electrons. The molecule has 2 heterocycles. The Morgan fingerprint density at radius 3 is 2.92 bits per heavy atom. The van der Waals surface area contributed by atoms with Crippen LogP contribution >= 0.6 is 0 Å². The van der Waals surface area contributed by atoms with Gasteiger partial charge in [0.25, 0.3) is 0 Å². The summed E-state index contributed by atoms with van der Waals surface area (Å²) in [5, 5.41) is 2.96. The van der Waals surface area contributed by atoms with Crippen LogP contribution in [0.5, 0.6) is 5.75 Å². The molecular weight excluding hydrogens is 331 g/mol. The molecule has 1 aromatic heterocycles. The summed E-state index contributed by atoms with van der Waals surface area (Å²) < 4.78 is 19.2. The van der Waals surface area contributed by atoms with Gasteiger partial charge in [0, 0.05) is 17.3 Å². The number of aromatic nitrogens is 1. The van der Waals surface area contributed by atoms with Crippen LogP contribution in [0.4, 0.5) is 10.1 Å². The predicted molar refractivity (Wildman–Crippen MR) is 97.6 cm³/mol. The molecule has 26 heavy (non-hydrogen) atoms. The highest BCUT2D eigenvalue weighted by Gasteiger charge is 2.28. The van der Waals surface area contributed by atoms with E-state index in [2.05, 4.69) is 10.3 Å². The molecule has 5 heteroatoms. The maximum atomic E-state index is 13.6. The number of para-hydroxylation sites is 1. The van der Waals surface area contributed by atoms with Crippen molar-refractivity contribution in [3.05, 3.63) is 78.4 Å². The third-order valence-corrected chi connectivity index (χ3v) is 4.49. The van der Waals surface area contributed by atoms with Crippen LogP contribution < -0.4 is 10.1 Å². The van der Waals surface area contributed by atoms with Gasteiger partial charge in [-0.25, -0.2) is 4.39 Å². The minimum absolute atomic E-state index is 0.119. The van der Waals surface area contributed by atoms with Crippen LogP contribution in [0.15, 0.2) is 67.0 Å². The highest BCUT2D eigenvalue weighted by Crippen LogP contribution is 2.35. The first kappa shape index (κ1) is 16.3. The Bertz CT molecular complexity index is 958. The van der Waals surface area contributed by atoms with Crippen molar-refractivity contribution < 1.29 is 13.9 Å². The second-order valence-electron chi connectivity index (χ2n) is 6.15. The fourth-order valence-corrected chi connectivity index (χ4v) is 3.24. The van der Waals surface area contributed by atoms with Crippen molar-refractivity contribution in [1.29, 1.82) is 0 Å². The van der Waals surface area contributed by atoms with Crippen molar-refractivity contribution in [3.8, 4) is 16.9 Å². The van der Waals surface area contributed by atoms with Gasteiger partial charge in [-0.15, -0.1) is 0 Å². The largest absolute Gasteiger partial charge is 0.493 e. The number of rotatable bonds is 3. The van der Waals surface area contributed by atoms with E-state index >= 15 is 0 Å². The van der Waals surface area contributed by atoms with Crippen LogP contribution in [0.1, 0.15) is 17.9 Å². The van der Waals surface area contributed by atoms with Crippen LogP contribution in [-0.2, 0) is 4.79 Å². The van der Waals surface area contributed by atoms with Gasteiger partial charge < -0.3 is 10.1 Å². The van der Waals surface area contributed by atoms with E-state index in [1.807, 2.05) is 24.3 Å². The van der Waals surface area contributed by atoms with Crippen molar-refractivity contribution in [2.75, 3.05) is 11.9 Å². The van der Waals surface area contributed by atoms with E-state index < -0.39 is 0 Å². The summed E-state index contributed by atoms with van der Waals surface area (Å²) in [5.41, 5.74) is 2.86. The fourth-order valence-electron chi connectivity index (χ4n) is 3.24. The van der Waals surface area contributed by atoms with Crippen LogP contribution in [-0.4, -0.2) is 17.5 Å². The number of carbonyl (C=O) groups is 1. The van der Waals surface area contributed by atoms with Crippen molar-refractivity contribution in [2.24, 2.45) is 0 Å². The zero-order chi connectivity index (χ0) is 17.9. The molecule has 1 aliphatic rings. The van der Waals surface area contributed by atoms with Crippen molar-refractivity contribution in [1.82, 2.24) is 4.98 Å². The third-order valence-electron chi connectivity index (χ3n) is 4.49. The Morgan fingerprint density at radius 2 is 2.04 bits per heavy atom. The molecule has 130 valence electrons. The van der Waals surface area contributed by atoms with Crippen LogP contribution in [0, 0.1) is 5.82 Å². The number of fused-ring (bicyclic) bond motifs is 1. The number of amides is 1. The van der Waals surface area contributed by atoms with Gasteiger partial charge in [-0.3, -0.25) is 9.78 Å². The van der Waals surface area contributed by atoms with Crippen molar-refractivity contribution >= 4 is 11.6 Å². The Morgan fingerprint density at radius 1 is 1.15 bits per heavy atom. The second kappa shape index (κ2) is 6.96. The fraction of sp³-hybridized carbons (Fsp3) is 0.143. The Balaban J connectivity index is 1.64. The number of nitrogens with one attached hydrogen (secondary N) is 1. The maximum absolute atomic E-state index is 13.6. The standard InChI is InChI=1S/C21H17FN2O2/c22-15-5-3-4-14(12-15)16-8-10-23-13-19(16)24-21(25)18-9-11-26-20-7-2-1-6-17(18)20/h1-8,10,12-13,18H,9,11H2,(H,24,25). The molecule has 0 saturated carbocycles. The molecule has 0 spiro atoms. The molecule has 3 aromatic rings. The number of halogens is 1. The molecule has 2 aromatic carbocycles. The number of nitrogens with zero attached hydrogens (tertiary/aromatic N) is 1. The number of ether oxygens (including phenoxy) is 1. The van der Waals surface area contributed by atoms with Gasteiger partial charge >= 0.3 is 0 Å². The van der Waals surface area contributed by atoms with Crippen LogP contribution in [0.3, 0.4) is 0 Å². The summed E-state index contributed by atoms with van der Waals surface area (Å²) in [6.07, 6.45) is 3.82. The van der Waals surface area contributed by atoms with Gasteiger partial charge in [0.05, 0.1) is 24.4 Å². The number of benzene rings is 2. The average molecular weight is 348 g/mol. The zero-order valence-electron chi connectivity index (χ0n) is 14.0. The summed E-state index contributed by atoms with van der Waals surface area (Å²) in [7, 11) is 0. The summed E-state index contributed by atoms with van der Waals surface area (Å²) in [6, 6.07) is 15.6. The van der Waals surface area contributed by atoms with Gasteiger partial charge in [0.15, 0.2) is 0 Å². The SMILES string of the molecule is O=C(Nc1cnccc1-c1cccc(F)c1)C1CCOc2ccccc21. The van der Waals surface area contributed by atoms with Gasteiger partial charge in [-0.05, 0) is 36.2 Å². The van der Waals surface area contributed by atoms with E-state index in [1.54, 1.807) is 30.6 Å². The lowest BCUT2D eigenvalue weighted by Gasteiger charge is -2.25. The zero-order valence-corrected chi connectivity index (χ0v) is 14.0. The number of hydrogen-bond acceptors (Lipinski definition) is 3. The van der Waals surface area contributed by atoms with E-state index in [0.29, 0.717) is 24.3 Å². The minimum Gasteiger partial charge on any atom is -0.493 e. The van der Waals surface area contributed by atoms with Crippen LogP contribution in [0.25, 0.3) is 11.1 Å². The Hall–Kier alpha value is -3.21. The summed E-state index contributed by atoms with van der Waals surface area (Å²) in [6.45, 7) is 0.499. The molecule has 1 unspecified atom stereocenters. The molecule has 0 saturated heterocycles. The Kier molecular flexibility index (Phi) is 4.35. The summed E-state index contributed by atoms with van der Waals surface area (Å²) in [5.74, 6) is 0.0114. The van der Waals surface area contributed by atoms with Crippen molar-refractivity contribution in [3.63, 3.8) is 0 Å². The number of carbonyl (C=O) groups excluding carboxylic acids is 1. The van der Waals surface area contributed by atoms with Gasteiger partial charge in [-0.1, -0.05) is 30.3 Å². The second-order valence-corrected chi connectivity index (χ2v) is 6.15. The topological polar surface area (TPSA) is 51.2 Å². The quantitative estimate of drug-likeness (QED) is 0.764. The molecule has 0 fully saturated rings. The van der Waals surface area contributed by atoms with Crippen molar-refractivity contribution in [2.45, 2.75) is 12.3 Å². The molecule has 4 nitrogen and oxygen atoms in total. The van der Waals surface area contributed by atoms with Gasteiger partial charge in [0.1, 0.15) is 11.6 Å². The molecule has 1 N–H and O–H groups in total. The minimum atomic E-state index is -0.324. The first-order valence-corrected chi connectivity index (χ1v) is 8.45. The molecule has 0 bridgehead atoms. The molecular formula is C21H17FN2O2. The third kappa shape index (κ3) is 3.16. The molecule has 0 aliphatic carbocycles. The maximum Gasteiger partial charge on any atom is 0.232 e. The van der Waals surface area contributed by atoms with E-state index in [0.717, 1.165) is 16.9 Å². The lowest BCUT2D eigenvalue weighted by Crippen LogP contribution is -2.26. The van der Waals surface area contributed by atoms with E-state index in [-0.39, 0.29) is 17.6 Å². The smallest absolute Gasteiger partial charge is 0.232 e. The lowest BCUT2D eigenvalue weighted by molar-refractivity contribution is -0.118. The van der Waals surface area contributed by atoms with Crippen LogP contribution in [0.2, 0.25) is 0 Å². The summed E-state index contributed by atoms with van der Waals surface area (Å²) >= 11 is 0. The van der Waals surface area contributed by atoms with Gasteiger partial charge in [-0.2, -0.15) is 0 Å². The first-order chi connectivity index (χ1) is 12.7. The normalized spacial score (nSPS) is 15.7. The Labute approximate surface area is 150 Å². The number of anilines is 1. The number of pyridine rings is 1.